The Hall–Kier alpha value is -1.77. The van der Waals surface area contributed by atoms with Crippen LogP contribution in [0.3, 0.4) is 0 Å². The van der Waals surface area contributed by atoms with Crippen molar-refractivity contribution in [1.29, 1.82) is 0 Å². The van der Waals surface area contributed by atoms with Gasteiger partial charge in [0.15, 0.2) is 0 Å². The second-order valence-electron chi connectivity index (χ2n) is 6.51. The van der Waals surface area contributed by atoms with Gasteiger partial charge in [-0.05, 0) is 44.1 Å². The third-order valence-corrected chi connectivity index (χ3v) is 5.42. The van der Waals surface area contributed by atoms with Crippen LogP contribution in [0.2, 0.25) is 10.0 Å². The summed E-state index contributed by atoms with van der Waals surface area (Å²) >= 11 is 11.8. The van der Waals surface area contributed by atoms with Crippen molar-refractivity contribution in [2.45, 2.75) is 32.0 Å². The molecule has 1 aliphatic rings. The Morgan fingerprint density at radius 2 is 2.04 bits per heavy atom. The van der Waals surface area contributed by atoms with Gasteiger partial charge in [-0.25, -0.2) is 4.98 Å². The van der Waals surface area contributed by atoms with Crippen molar-refractivity contribution in [2.75, 3.05) is 30.3 Å². The van der Waals surface area contributed by atoms with Gasteiger partial charge in [0, 0.05) is 24.5 Å². The van der Waals surface area contributed by atoms with Crippen LogP contribution in [0.5, 0.6) is 0 Å². The van der Waals surface area contributed by atoms with Gasteiger partial charge in [-0.15, -0.1) is 0 Å². The summed E-state index contributed by atoms with van der Waals surface area (Å²) in [5.74, 6) is -0.208. The first-order chi connectivity index (χ1) is 13.3. The van der Waals surface area contributed by atoms with E-state index in [0.29, 0.717) is 22.3 Å². The topological polar surface area (TPSA) is 53.1 Å². The molecule has 1 aromatic carbocycles. The minimum Gasteiger partial charge on any atom is -0.368 e. The molecule has 10 heteroatoms. The number of benzene rings is 1. The molecule has 1 aromatic heterocycles. The summed E-state index contributed by atoms with van der Waals surface area (Å²) < 4.78 is 40.1. The molecule has 1 atom stereocenters. The highest BCUT2D eigenvalue weighted by atomic mass is 35.5. The van der Waals surface area contributed by atoms with Crippen LogP contribution in [0.1, 0.15) is 25.3 Å². The Bertz CT molecular complexity index is 831. The maximum absolute atomic E-state index is 13.4. The second kappa shape index (κ2) is 8.71. The Labute approximate surface area is 171 Å². The fourth-order valence-electron chi connectivity index (χ4n) is 3.24. The van der Waals surface area contributed by atoms with E-state index in [1.165, 1.54) is 0 Å². The molecular weight excluding hydrogens is 414 g/mol. The van der Waals surface area contributed by atoms with Crippen LogP contribution < -0.4 is 10.6 Å². The van der Waals surface area contributed by atoms with Crippen molar-refractivity contribution in [3.05, 3.63) is 40.0 Å². The molecule has 1 saturated heterocycles. The SMILES string of the molecule is CCN1CCCC1CNc1nc(Nc2ccc(Cl)c(Cl)c2)ncc1C(F)(F)F. The summed E-state index contributed by atoms with van der Waals surface area (Å²) in [5.41, 5.74) is -0.374. The molecule has 5 nitrogen and oxygen atoms in total. The van der Waals surface area contributed by atoms with Gasteiger partial charge in [-0.3, -0.25) is 4.90 Å². The first-order valence-corrected chi connectivity index (χ1v) is 9.67. The molecule has 0 amide bonds. The van der Waals surface area contributed by atoms with Gasteiger partial charge in [-0.2, -0.15) is 18.2 Å². The lowest BCUT2D eigenvalue weighted by molar-refractivity contribution is -0.137. The monoisotopic (exact) mass is 433 g/mol. The first kappa shape index (κ1) is 21.0. The van der Waals surface area contributed by atoms with E-state index < -0.39 is 11.7 Å². The molecule has 0 aliphatic carbocycles. The number of nitrogens with zero attached hydrogens (tertiary/aromatic N) is 3. The molecule has 28 heavy (non-hydrogen) atoms. The fraction of sp³-hybridized carbons (Fsp3) is 0.444. The number of rotatable bonds is 6. The molecule has 0 saturated carbocycles. The van der Waals surface area contributed by atoms with E-state index in [9.17, 15) is 13.2 Å². The number of likely N-dealkylation sites (tertiary alicyclic amines) is 1. The zero-order chi connectivity index (χ0) is 20.3. The standard InChI is InChI=1S/C18H20Cl2F3N5/c1-2-28-7-3-4-12(28)9-24-16-13(18(21,22)23)10-25-17(27-16)26-11-5-6-14(19)15(20)8-11/h5-6,8,10,12H,2-4,7,9H2,1H3,(H2,24,25,26,27). The number of anilines is 3. The van der Waals surface area contributed by atoms with Crippen LogP contribution in [-0.4, -0.2) is 40.5 Å². The van der Waals surface area contributed by atoms with Gasteiger partial charge in [0.2, 0.25) is 5.95 Å². The zero-order valence-electron chi connectivity index (χ0n) is 15.2. The van der Waals surface area contributed by atoms with E-state index in [-0.39, 0.29) is 17.8 Å². The summed E-state index contributed by atoms with van der Waals surface area (Å²) in [5, 5.41) is 6.42. The van der Waals surface area contributed by atoms with E-state index in [2.05, 4.69) is 25.5 Å². The summed E-state index contributed by atoms with van der Waals surface area (Å²) in [6.45, 7) is 4.26. The molecular formula is C18H20Cl2F3N5. The van der Waals surface area contributed by atoms with Crippen LogP contribution in [-0.2, 0) is 6.18 Å². The predicted octanol–water partition coefficient (Wildman–Crippen LogP) is 5.44. The largest absolute Gasteiger partial charge is 0.421 e. The first-order valence-electron chi connectivity index (χ1n) is 8.92. The van der Waals surface area contributed by atoms with E-state index in [4.69, 9.17) is 23.2 Å². The van der Waals surface area contributed by atoms with Crippen molar-refractivity contribution in [3.8, 4) is 0 Å². The third-order valence-electron chi connectivity index (χ3n) is 4.68. The maximum atomic E-state index is 13.4. The van der Waals surface area contributed by atoms with Crippen LogP contribution in [0.25, 0.3) is 0 Å². The maximum Gasteiger partial charge on any atom is 0.421 e. The Kier molecular flexibility index (Phi) is 6.52. The quantitative estimate of drug-likeness (QED) is 0.634. The van der Waals surface area contributed by atoms with Gasteiger partial charge < -0.3 is 10.6 Å². The number of likely N-dealkylation sites (N-methyl/N-ethyl adjacent to an activating group) is 1. The summed E-state index contributed by atoms with van der Waals surface area (Å²) in [6.07, 6.45) is -1.78. The number of aromatic nitrogens is 2. The van der Waals surface area contributed by atoms with Crippen molar-refractivity contribution >= 4 is 40.7 Å². The normalized spacial score (nSPS) is 17.7. The minimum atomic E-state index is -4.55. The van der Waals surface area contributed by atoms with E-state index in [1.807, 2.05) is 6.92 Å². The highest BCUT2D eigenvalue weighted by Crippen LogP contribution is 2.34. The average Bonchev–Trinajstić information content (AvgIpc) is 3.10. The molecule has 0 radical (unpaired) electrons. The Balaban J connectivity index is 1.81. The lowest BCUT2D eigenvalue weighted by Gasteiger charge is -2.24. The van der Waals surface area contributed by atoms with Crippen LogP contribution >= 0.6 is 23.2 Å². The molecule has 2 N–H and O–H groups in total. The van der Waals surface area contributed by atoms with Gasteiger partial charge in [0.1, 0.15) is 11.4 Å². The lowest BCUT2D eigenvalue weighted by Crippen LogP contribution is -2.35. The van der Waals surface area contributed by atoms with Gasteiger partial charge in [0.25, 0.3) is 0 Å². The number of nitrogens with one attached hydrogen (secondary N) is 2. The molecule has 2 aromatic rings. The molecule has 0 spiro atoms. The molecule has 152 valence electrons. The summed E-state index contributed by atoms with van der Waals surface area (Å²) in [6, 6.07) is 4.96. The molecule has 1 aliphatic heterocycles. The highest BCUT2D eigenvalue weighted by molar-refractivity contribution is 6.42. The van der Waals surface area contributed by atoms with Gasteiger partial charge >= 0.3 is 6.18 Å². The summed E-state index contributed by atoms with van der Waals surface area (Å²) in [7, 11) is 0. The van der Waals surface area contributed by atoms with Crippen molar-refractivity contribution in [3.63, 3.8) is 0 Å². The van der Waals surface area contributed by atoms with Crippen molar-refractivity contribution in [2.24, 2.45) is 0 Å². The van der Waals surface area contributed by atoms with Crippen molar-refractivity contribution in [1.82, 2.24) is 14.9 Å². The average molecular weight is 434 g/mol. The molecule has 2 heterocycles. The number of halogens is 5. The minimum absolute atomic E-state index is 0.0349. The van der Waals surface area contributed by atoms with E-state index in [1.54, 1.807) is 18.2 Å². The fourth-order valence-corrected chi connectivity index (χ4v) is 3.54. The number of alkyl halides is 3. The smallest absolute Gasteiger partial charge is 0.368 e. The Morgan fingerprint density at radius 3 is 2.71 bits per heavy atom. The third kappa shape index (κ3) is 4.98. The van der Waals surface area contributed by atoms with Crippen LogP contribution in [0.4, 0.5) is 30.6 Å². The summed E-state index contributed by atoms with van der Waals surface area (Å²) in [4.78, 5) is 10.1. The number of hydrogen-bond acceptors (Lipinski definition) is 5. The second-order valence-corrected chi connectivity index (χ2v) is 7.33. The zero-order valence-corrected chi connectivity index (χ0v) is 16.7. The molecule has 3 rings (SSSR count). The highest BCUT2D eigenvalue weighted by Gasteiger charge is 2.35. The van der Waals surface area contributed by atoms with Crippen LogP contribution in [0, 0.1) is 0 Å². The predicted molar refractivity (Wildman–Crippen MR) is 106 cm³/mol. The Morgan fingerprint density at radius 1 is 1.25 bits per heavy atom. The van der Waals surface area contributed by atoms with Crippen LogP contribution in [0.15, 0.2) is 24.4 Å². The molecule has 1 unspecified atom stereocenters. The van der Waals surface area contributed by atoms with Gasteiger partial charge in [-0.1, -0.05) is 30.1 Å². The lowest BCUT2D eigenvalue weighted by atomic mass is 10.2. The van der Waals surface area contributed by atoms with Crippen molar-refractivity contribution < 1.29 is 13.2 Å². The molecule has 0 bridgehead atoms. The van der Waals surface area contributed by atoms with E-state index in [0.717, 1.165) is 32.1 Å². The van der Waals surface area contributed by atoms with E-state index >= 15 is 0 Å². The number of hydrogen-bond donors (Lipinski definition) is 2. The van der Waals surface area contributed by atoms with Gasteiger partial charge in [0.05, 0.1) is 10.0 Å². The molecule has 1 fully saturated rings.